The predicted octanol–water partition coefficient (Wildman–Crippen LogP) is 2.67. The molecule has 0 N–H and O–H groups in total. The fraction of sp³-hybridized carbons (Fsp3) is 0.769. The van der Waals surface area contributed by atoms with Crippen LogP contribution in [0.4, 0.5) is 0 Å². The van der Waals surface area contributed by atoms with E-state index in [1.807, 2.05) is 12.2 Å². The van der Waals surface area contributed by atoms with E-state index in [9.17, 15) is 4.79 Å². The Balaban J connectivity index is 2.00. The smallest absolute Gasteiger partial charge is 0.192 e. The number of hydrogen-bond acceptors (Lipinski definition) is 3. The third-order valence-corrected chi connectivity index (χ3v) is 8.69. The minimum atomic E-state index is -1.76. The fourth-order valence-corrected chi connectivity index (χ4v) is 2.95. The van der Waals surface area contributed by atoms with E-state index in [1.54, 1.807) is 0 Å². The van der Waals surface area contributed by atoms with Crippen LogP contribution in [0.1, 0.15) is 27.2 Å². The molecule has 2 heterocycles. The first-order chi connectivity index (χ1) is 7.65. The summed E-state index contributed by atoms with van der Waals surface area (Å²) in [4.78, 5) is 11.5. The number of carbonyl (C=O) groups excluding carboxylic acids is 1. The maximum Gasteiger partial charge on any atom is 0.192 e. The van der Waals surface area contributed by atoms with Crippen LogP contribution in [0.5, 0.6) is 0 Å². The number of ketones is 1. The second kappa shape index (κ2) is 3.77. The molecule has 0 radical (unpaired) electrons. The van der Waals surface area contributed by atoms with Crippen molar-refractivity contribution in [1.82, 2.24) is 0 Å². The molecule has 2 rings (SSSR count). The Morgan fingerprint density at radius 2 is 2.18 bits per heavy atom. The first-order valence-corrected chi connectivity index (χ1v) is 9.10. The monoisotopic (exact) mass is 254 g/mol. The zero-order valence-corrected chi connectivity index (χ0v) is 12.4. The van der Waals surface area contributed by atoms with Crippen LogP contribution in [0.15, 0.2) is 12.2 Å². The van der Waals surface area contributed by atoms with Gasteiger partial charge in [-0.3, -0.25) is 4.79 Å². The third-order valence-electron chi connectivity index (χ3n) is 4.21. The molecule has 2 bridgehead atoms. The van der Waals surface area contributed by atoms with Crippen LogP contribution in [0.25, 0.3) is 0 Å². The zero-order valence-electron chi connectivity index (χ0n) is 11.4. The molecule has 0 amide bonds. The predicted molar refractivity (Wildman–Crippen MR) is 69.5 cm³/mol. The summed E-state index contributed by atoms with van der Waals surface area (Å²) in [5, 5.41) is 0.188. The molecule has 2 aliphatic heterocycles. The summed E-state index contributed by atoms with van der Waals surface area (Å²) in [5.41, 5.74) is -0.461. The van der Waals surface area contributed by atoms with Crippen molar-refractivity contribution in [3.05, 3.63) is 12.2 Å². The topological polar surface area (TPSA) is 35.5 Å². The molecule has 0 aliphatic carbocycles. The number of ether oxygens (including phenoxy) is 1. The van der Waals surface area contributed by atoms with E-state index in [2.05, 4.69) is 33.9 Å². The Morgan fingerprint density at radius 1 is 1.53 bits per heavy atom. The Hall–Kier alpha value is -0.453. The van der Waals surface area contributed by atoms with Gasteiger partial charge in [-0.15, -0.1) is 0 Å². The molecule has 0 spiro atoms. The Kier molecular flexibility index (Phi) is 2.88. The quantitative estimate of drug-likeness (QED) is 0.574. The van der Waals surface area contributed by atoms with E-state index < -0.39 is 13.9 Å². The maximum absolute atomic E-state index is 11.5. The molecule has 96 valence electrons. The molecule has 17 heavy (non-hydrogen) atoms. The molecule has 1 saturated heterocycles. The van der Waals surface area contributed by atoms with Gasteiger partial charge in [0.05, 0.1) is 6.61 Å². The van der Waals surface area contributed by atoms with E-state index in [0.717, 1.165) is 0 Å². The number of Topliss-reactive ketones (excluding diaryl/α,β-unsaturated/α-hetero) is 1. The zero-order chi connectivity index (χ0) is 12.9. The number of carbonyl (C=O) groups is 1. The maximum atomic E-state index is 11.5. The van der Waals surface area contributed by atoms with Crippen LogP contribution < -0.4 is 0 Å². The van der Waals surface area contributed by atoms with Gasteiger partial charge in [0, 0.05) is 6.42 Å². The standard InChI is InChI=1S/C13H22O3Si/c1-12(2,3)17(4,5)15-9-13-7-6-11(16-13)10(14)8-13/h6-7,11H,8-9H2,1-5H3/t11-,13+/m1/s1. The highest BCUT2D eigenvalue weighted by Crippen LogP contribution is 2.40. The van der Waals surface area contributed by atoms with E-state index in [1.165, 1.54) is 0 Å². The molecular weight excluding hydrogens is 232 g/mol. The summed E-state index contributed by atoms with van der Waals surface area (Å²) in [6.45, 7) is 11.6. The summed E-state index contributed by atoms with van der Waals surface area (Å²) in [5.74, 6) is 0.186. The minimum Gasteiger partial charge on any atom is -0.414 e. The lowest BCUT2D eigenvalue weighted by Gasteiger charge is -2.38. The van der Waals surface area contributed by atoms with Gasteiger partial charge in [-0.25, -0.2) is 0 Å². The molecule has 3 nitrogen and oxygen atoms in total. The molecule has 2 aliphatic rings. The van der Waals surface area contributed by atoms with E-state index in [4.69, 9.17) is 9.16 Å². The van der Waals surface area contributed by atoms with Crippen LogP contribution >= 0.6 is 0 Å². The van der Waals surface area contributed by atoms with Crippen molar-refractivity contribution >= 4 is 14.1 Å². The molecule has 0 unspecified atom stereocenters. The molecule has 4 heteroatoms. The largest absolute Gasteiger partial charge is 0.414 e. The first-order valence-electron chi connectivity index (χ1n) is 6.19. The van der Waals surface area contributed by atoms with E-state index in [-0.39, 0.29) is 16.9 Å². The van der Waals surface area contributed by atoms with E-state index in [0.29, 0.717) is 13.0 Å². The first kappa shape index (κ1) is 13.0. The van der Waals surface area contributed by atoms with Crippen molar-refractivity contribution in [2.75, 3.05) is 6.61 Å². The van der Waals surface area contributed by atoms with Gasteiger partial charge >= 0.3 is 0 Å². The summed E-state index contributed by atoms with van der Waals surface area (Å²) in [6.07, 6.45) is 4.04. The van der Waals surface area contributed by atoms with Crippen LogP contribution in [0.3, 0.4) is 0 Å². The van der Waals surface area contributed by atoms with Gasteiger partial charge in [0.25, 0.3) is 0 Å². The van der Waals surface area contributed by atoms with Crippen molar-refractivity contribution < 1.29 is 14.0 Å². The van der Waals surface area contributed by atoms with Crippen molar-refractivity contribution in [1.29, 1.82) is 0 Å². The number of rotatable bonds is 3. The number of fused-ring (bicyclic) bond motifs is 2. The molecule has 0 aromatic carbocycles. The van der Waals surface area contributed by atoms with Crippen molar-refractivity contribution in [3.8, 4) is 0 Å². The number of hydrogen-bond donors (Lipinski definition) is 0. The van der Waals surface area contributed by atoms with Gasteiger partial charge in [-0.2, -0.15) is 0 Å². The Labute approximate surface area is 104 Å². The highest BCUT2D eigenvalue weighted by Gasteiger charge is 2.49. The highest BCUT2D eigenvalue weighted by atomic mass is 28.4. The molecule has 0 aromatic rings. The lowest BCUT2D eigenvalue weighted by atomic mass is 9.95. The SMILES string of the molecule is CC(C)(C)[Si](C)(C)OC[C@@]12C=C[C@@H](O1)C(=O)C2. The van der Waals surface area contributed by atoms with Gasteiger partial charge < -0.3 is 9.16 Å². The Bertz CT molecular complexity index is 367. The summed E-state index contributed by atoms with van der Waals surface area (Å²) in [7, 11) is -1.76. The van der Waals surface area contributed by atoms with Crippen LogP contribution in [0, 0.1) is 0 Å². The summed E-state index contributed by atoms with van der Waals surface area (Å²) < 4.78 is 11.9. The van der Waals surface area contributed by atoms with Crippen LogP contribution in [-0.2, 0) is 14.0 Å². The Morgan fingerprint density at radius 3 is 2.59 bits per heavy atom. The second-order valence-corrected chi connectivity index (χ2v) is 11.5. The molecule has 0 aromatic heterocycles. The van der Waals surface area contributed by atoms with Crippen LogP contribution in [-0.4, -0.2) is 32.4 Å². The van der Waals surface area contributed by atoms with Gasteiger partial charge in [0.2, 0.25) is 0 Å². The average Bonchev–Trinajstić information content (AvgIpc) is 2.71. The van der Waals surface area contributed by atoms with Crippen molar-refractivity contribution in [2.24, 2.45) is 0 Å². The van der Waals surface area contributed by atoms with Crippen LogP contribution in [0.2, 0.25) is 18.1 Å². The van der Waals surface area contributed by atoms with Crippen molar-refractivity contribution in [2.45, 2.75) is 57.0 Å². The highest BCUT2D eigenvalue weighted by molar-refractivity contribution is 6.74. The normalized spacial score (nSPS) is 32.5. The summed E-state index contributed by atoms with van der Waals surface area (Å²) in [6, 6.07) is 0. The van der Waals surface area contributed by atoms with Gasteiger partial charge in [-0.05, 0) is 24.2 Å². The molecular formula is C13H22O3Si. The van der Waals surface area contributed by atoms with Gasteiger partial charge in [0.15, 0.2) is 14.1 Å². The molecule has 2 atom stereocenters. The molecule has 1 fully saturated rings. The van der Waals surface area contributed by atoms with E-state index >= 15 is 0 Å². The minimum absolute atomic E-state index is 0.186. The lowest BCUT2D eigenvalue weighted by molar-refractivity contribution is -0.120. The summed E-state index contributed by atoms with van der Waals surface area (Å²) >= 11 is 0. The van der Waals surface area contributed by atoms with Gasteiger partial charge in [-0.1, -0.05) is 26.8 Å². The average molecular weight is 254 g/mol. The lowest BCUT2D eigenvalue weighted by Crippen LogP contribution is -2.45. The molecule has 0 saturated carbocycles. The van der Waals surface area contributed by atoms with Gasteiger partial charge in [0.1, 0.15) is 11.7 Å². The fourth-order valence-electron chi connectivity index (χ4n) is 1.92. The second-order valence-electron chi connectivity index (χ2n) is 6.65. The third kappa shape index (κ3) is 2.26. The van der Waals surface area contributed by atoms with Crippen molar-refractivity contribution in [3.63, 3.8) is 0 Å².